The van der Waals surface area contributed by atoms with Gasteiger partial charge in [-0.2, -0.15) is 13.8 Å². The molecule has 1 atom stereocenters. The minimum absolute atomic E-state index is 0.0622. The summed E-state index contributed by atoms with van der Waals surface area (Å²) in [7, 11) is 0. The molecule has 3 aromatic rings. The van der Waals surface area contributed by atoms with Gasteiger partial charge >= 0.3 is 0 Å². The van der Waals surface area contributed by atoms with E-state index in [1.54, 1.807) is 29.2 Å². The molecule has 4 rings (SSSR count). The van der Waals surface area contributed by atoms with Crippen molar-refractivity contribution in [3.05, 3.63) is 66.1 Å². The van der Waals surface area contributed by atoms with Crippen LogP contribution in [0.5, 0.6) is 0 Å². The van der Waals surface area contributed by atoms with Crippen LogP contribution in [0.15, 0.2) is 64.0 Å². The average molecular weight is 445 g/mol. The number of halogens is 2. The second-order valence-electron chi connectivity index (χ2n) is 7.23. The molecule has 2 aromatic carbocycles. The lowest BCUT2D eigenvalue weighted by Crippen LogP contribution is -2.49. The van der Waals surface area contributed by atoms with Crippen molar-refractivity contribution in [1.82, 2.24) is 19.9 Å². The minimum Gasteiger partial charge on any atom is -0.337 e. The molecule has 1 aliphatic heterocycles. The number of hydrogen-bond donors (Lipinski definition) is 0. The van der Waals surface area contributed by atoms with Crippen molar-refractivity contribution in [2.24, 2.45) is 0 Å². The van der Waals surface area contributed by atoms with Gasteiger partial charge in [-0.1, -0.05) is 47.3 Å². The number of rotatable bonds is 6. The van der Waals surface area contributed by atoms with Crippen LogP contribution in [0.2, 0.25) is 0 Å². The Hall–Kier alpha value is -2.78. The lowest BCUT2D eigenvalue weighted by molar-refractivity contribution is 0.0551. The Morgan fingerprint density at radius 1 is 1.03 bits per heavy atom. The van der Waals surface area contributed by atoms with Gasteiger partial charge in [0.25, 0.3) is 11.7 Å². The molecule has 1 aliphatic rings. The van der Waals surface area contributed by atoms with E-state index in [1.165, 1.54) is 0 Å². The monoisotopic (exact) mass is 444 g/mol. The molecule has 2 heterocycles. The summed E-state index contributed by atoms with van der Waals surface area (Å²) in [5.41, 5.74) is 1.41. The van der Waals surface area contributed by atoms with Gasteiger partial charge in [-0.25, -0.2) is 0 Å². The minimum atomic E-state index is -2.47. The van der Waals surface area contributed by atoms with Crippen molar-refractivity contribution >= 4 is 17.7 Å². The van der Waals surface area contributed by atoms with Crippen LogP contribution in [0.1, 0.15) is 29.2 Å². The number of thioether (sulfide) groups is 1. The molecule has 0 radical (unpaired) electrons. The van der Waals surface area contributed by atoms with Crippen molar-refractivity contribution in [2.75, 3.05) is 26.2 Å². The molecule has 6 nitrogen and oxygen atoms in total. The lowest BCUT2D eigenvalue weighted by atomic mass is 10.1. The molecular formula is C22H22F2N4O2S. The summed E-state index contributed by atoms with van der Waals surface area (Å²) in [4.78, 5) is 21.7. The maximum atomic E-state index is 12.8. The highest BCUT2D eigenvalue weighted by Gasteiger charge is 2.28. The summed E-state index contributed by atoms with van der Waals surface area (Å²) in [6, 6.07) is 15.9. The molecule has 1 amide bonds. The van der Waals surface area contributed by atoms with Crippen LogP contribution in [0.3, 0.4) is 0 Å². The molecule has 0 aliphatic carbocycles. The topological polar surface area (TPSA) is 62.5 Å². The number of carbonyl (C=O) groups is 1. The van der Waals surface area contributed by atoms with Gasteiger partial charge < -0.3 is 9.42 Å². The second kappa shape index (κ2) is 9.57. The Bertz CT molecular complexity index is 1010. The molecule has 0 spiro atoms. The number of hydrogen-bond acceptors (Lipinski definition) is 6. The predicted octanol–water partition coefficient (Wildman–Crippen LogP) is 4.57. The highest BCUT2D eigenvalue weighted by molar-refractivity contribution is 7.99. The van der Waals surface area contributed by atoms with Crippen molar-refractivity contribution in [1.29, 1.82) is 0 Å². The van der Waals surface area contributed by atoms with Gasteiger partial charge in [0.05, 0.1) is 6.04 Å². The molecule has 1 aromatic heterocycles. The quantitative estimate of drug-likeness (QED) is 0.519. The zero-order chi connectivity index (χ0) is 21.8. The Morgan fingerprint density at radius 3 is 2.35 bits per heavy atom. The molecule has 31 heavy (non-hydrogen) atoms. The van der Waals surface area contributed by atoms with Crippen LogP contribution in [-0.2, 0) is 0 Å². The van der Waals surface area contributed by atoms with E-state index in [0.29, 0.717) is 60.1 Å². The lowest BCUT2D eigenvalue weighted by Gasteiger charge is -2.36. The molecular weight excluding hydrogens is 422 g/mol. The zero-order valence-electron chi connectivity index (χ0n) is 16.9. The van der Waals surface area contributed by atoms with Crippen molar-refractivity contribution < 1.29 is 18.1 Å². The molecule has 1 unspecified atom stereocenters. The summed E-state index contributed by atoms with van der Waals surface area (Å²) in [5.74, 6) is -1.46. The number of carbonyl (C=O) groups excluding carboxylic acids is 1. The normalized spacial score (nSPS) is 15.9. The van der Waals surface area contributed by atoms with Gasteiger partial charge in [0.1, 0.15) is 0 Å². The molecule has 0 N–H and O–H groups in total. The molecule has 0 saturated carbocycles. The fraction of sp³-hybridized carbons (Fsp3) is 0.318. The zero-order valence-corrected chi connectivity index (χ0v) is 17.8. The Labute approximate surface area is 183 Å². The predicted molar refractivity (Wildman–Crippen MR) is 114 cm³/mol. The maximum Gasteiger partial charge on any atom is 0.288 e. The first kappa shape index (κ1) is 21.5. The van der Waals surface area contributed by atoms with E-state index in [4.69, 9.17) is 4.52 Å². The van der Waals surface area contributed by atoms with Crippen molar-refractivity contribution in [3.63, 3.8) is 0 Å². The van der Waals surface area contributed by atoms with E-state index in [0.717, 1.165) is 5.56 Å². The number of nitrogens with zero attached hydrogens (tertiary/aromatic N) is 4. The summed E-state index contributed by atoms with van der Waals surface area (Å²) in [6.45, 7) is 4.50. The third kappa shape index (κ3) is 5.11. The van der Waals surface area contributed by atoms with Crippen LogP contribution in [0.4, 0.5) is 8.78 Å². The molecule has 9 heteroatoms. The van der Waals surface area contributed by atoms with Gasteiger partial charge in [-0.3, -0.25) is 9.69 Å². The van der Waals surface area contributed by atoms with Crippen molar-refractivity contribution in [3.8, 4) is 11.4 Å². The smallest absolute Gasteiger partial charge is 0.288 e. The Balaban J connectivity index is 1.34. The first-order valence-corrected chi connectivity index (χ1v) is 10.9. The molecule has 1 fully saturated rings. The third-order valence-electron chi connectivity index (χ3n) is 5.31. The maximum absolute atomic E-state index is 12.8. The van der Waals surface area contributed by atoms with E-state index in [9.17, 15) is 13.6 Å². The molecule has 1 saturated heterocycles. The second-order valence-corrected chi connectivity index (χ2v) is 8.29. The van der Waals surface area contributed by atoms with Crippen LogP contribution in [-0.4, -0.2) is 57.8 Å². The number of benzene rings is 2. The largest absolute Gasteiger partial charge is 0.337 e. The highest BCUT2D eigenvalue weighted by Crippen LogP contribution is 2.26. The van der Waals surface area contributed by atoms with Crippen LogP contribution < -0.4 is 0 Å². The fourth-order valence-electron chi connectivity index (χ4n) is 3.54. The Morgan fingerprint density at radius 2 is 1.71 bits per heavy atom. The van der Waals surface area contributed by atoms with Gasteiger partial charge in [-0.15, -0.1) is 0 Å². The Kier molecular flexibility index (Phi) is 6.62. The van der Waals surface area contributed by atoms with E-state index in [2.05, 4.69) is 15.0 Å². The molecule has 162 valence electrons. The van der Waals surface area contributed by atoms with E-state index in [1.807, 2.05) is 37.3 Å². The SMILES string of the molecule is CC(c1nc(-c2ccccc2)no1)N1CCN(C(=O)c2ccc(SC(F)F)cc2)CC1. The van der Waals surface area contributed by atoms with Gasteiger partial charge in [0, 0.05) is 42.2 Å². The summed E-state index contributed by atoms with van der Waals surface area (Å²) < 4.78 is 30.4. The van der Waals surface area contributed by atoms with Gasteiger partial charge in [0.2, 0.25) is 11.7 Å². The summed E-state index contributed by atoms with van der Waals surface area (Å²) >= 11 is 0.471. The first-order chi connectivity index (χ1) is 15.0. The highest BCUT2D eigenvalue weighted by atomic mass is 32.2. The van der Waals surface area contributed by atoms with Crippen LogP contribution in [0, 0.1) is 0 Å². The van der Waals surface area contributed by atoms with Gasteiger partial charge in [-0.05, 0) is 31.2 Å². The number of amides is 1. The van der Waals surface area contributed by atoms with Gasteiger partial charge in [0.15, 0.2) is 0 Å². The fourth-order valence-corrected chi connectivity index (χ4v) is 4.04. The number of aromatic nitrogens is 2. The van der Waals surface area contributed by atoms with E-state index >= 15 is 0 Å². The van der Waals surface area contributed by atoms with Crippen LogP contribution in [0.25, 0.3) is 11.4 Å². The van der Waals surface area contributed by atoms with Crippen molar-refractivity contribution in [2.45, 2.75) is 23.6 Å². The number of alkyl halides is 2. The third-order valence-corrected chi connectivity index (χ3v) is 6.03. The standard InChI is InChI=1S/C22H22F2N4O2S/c1-15(20-25-19(26-30-20)16-5-3-2-4-6-16)27-11-13-28(14-12-27)21(29)17-7-9-18(10-8-17)31-22(23)24/h2-10,15,22H,11-14H2,1H3. The van der Waals surface area contributed by atoms with E-state index < -0.39 is 5.76 Å². The average Bonchev–Trinajstić information content (AvgIpc) is 3.29. The summed E-state index contributed by atoms with van der Waals surface area (Å²) in [5, 5.41) is 4.08. The van der Waals surface area contributed by atoms with Crippen LogP contribution >= 0.6 is 11.8 Å². The first-order valence-electron chi connectivity index (χ1n) is 9.98. The molecule has 0 bridgehead atoms. The number of piperazine rings is 1. The van der Waals surface area contributed by atoms with E-state index in [-0.39, 0.29) is 11.9 Å². The summed E-state index contributed by atoms with van der Waals surface area (Å²) in [6.07, 6.45) is 0.